The number of nitrogens with one attached hydrogen (secondary N) is 1. The van der Waals surface area contributed by atoms with Gasteiger partial charge in [0.05, 0.1) is 19.1 Å². The van der Waals surface area contributed by atoms with E-state index < -0.39 is 30.4 Å². The van der Waals surface area contributed by atoms with E-state index in [1.807, 2.05) is 12.1 Å². The molecular formula is C24H29N7O6. The third-order valence-electron chi connectivity index (χ3n) is 6.62. The molecule has 3 aromatic rings. The second kappa shape index (κ2) is 10.8. The summed E-state index contributed by atoms with van der Waals surface area (Å²) in [6, 6.07) is 4.09. The number of furan rings is 1. The molecule has 0 unspecified atom stereocenters. The molecule has 13 nitrogen and oxygen atoms in total. The van der Waals surface area contributed by atoms with E-state index in [2.05, 4.69) is 37.0 Å². The molecule has 0 aromatic carbocycles. The Balaban J connectivity index is 1.32. The predicted octanol–water partition coefficient (Wildman–Crippen LogP) is -0.253. The highest BCUT2D eigenvalue weighted by molar-refractivity contribution is 5.83. The number of likely N-dealkylation sites (N-methyl/N-ethyl adjacent to an activating group) is 1. The van der Waals surface area contributed by atoms with Crippen molar-refractivity contribution in [1.82, 2.24) is 29.7 Å². The second-order valence-corrected chi connectivity index (χ2v) is 8.99. The van der Waals surface area contributed by atoms with Gasteiger partial charge in [0.15, 0.2) is 23.8 Å². The molecule has 1 saturated carbocycles. The number of aromatic nitrogens is 4. The third-order valence-corrected chi connectivity index (χ3v) is 6.62. The van der Waals surface area contributed by atoms with Gasteiger partial charge in [-0.2, -0.15) is 0 Å². The Morgan fingerprint density at radius 2 is 2.19 bits per heavy atom. The molecule has 5 rings (SSSR count). The fourth-order valence-corrected chi connectivity index (χ4v) is 4.34. The van der Waals surface area contributed by atoms with Gasteiger partial charge in [-0.1, -0.05) is 12.3 Å². The van der Waals surface area contributed by atoms with Crippen LogP contribution < -0.4 is 11.1 Å². The summed E-state index contributed by atoms with van der Waals surface area (Å²) in [5, 5.41) is 23.2. The van der Waals surface area contributed by atoms with Crippen molar-refractivity contribution in [3.05, 3.63) is 36.3 Å². The van der Waals surface area contributed by atoms with Crippen LogP contribution in [0.5, 0.6) is 0 Å². The number of hydrogen-bond donors (Lipinski definition) is 4. The lowest BCUT2D eigenvalue weighted by atomic mass is 9.92. The molecule has 1 saturated heterocycles. The van der Waals surface area contributed by atoms with E-state index in [1.54, 1.807) is 6.26 Å². The van der Waals surface area contributed by atoms with Gasteiger partial charge in [0.1, 0.15) is 36.8 Å². The number of nitrogens with zero attached hydrogens (tertiary/aromatic N) is 5. The van der Waals surface area contributed by atoms with Crippen LogP contribution in [0.3, 0.4) is 0 Å². The van der Waals surface area contributed by atoms with Crippen LogP contribution >= 0.6 is 0 Å². The maximum Gasteiger partial charge on any atom is 0.251 e. The number of imidazole rings is 1. The lowest BCUT2D eigenvalue weighted by Gasteiger charge is -2.35. The summed E-state index contributed by atoms with van der Waals surface area (Å²) in [5.74, 6) is 6.55. The first kappa shape index (κ1) is 25.1. The number of anilines is 1. The number of aliphatic hydroxyl groups excluding tert-OH is 2. The lowest BCUT2D eigenvalue weighted by Crippen LogP contribution is -2.41. The minimum atomic E-state index is -1.42. The van der Waals surface area contributed by atoms with Gasteiger partial charge in [-0.05, 0) is 30.9 Å². The van der Waals surface area contributed by atoms with E-state index in [0.717, 1.165) is 18.6 Å². The number of rotatable bonds is 8. The molecule has 4 atom stereocenters. The van der Waals surface area contributed by atoms with Crippen LogP contribution in [0.15, 0.2) is 29.1 Å². The first-order chi connectivity index (χ1) is 18.0. The van der Waals surface area contributed by atoms with Crippen molar-refractivity contribution in [1.29, 1.82) is 0 Å². The zero-order valence-electron chi connectivity index (χ0n) is 20.3. The van der Waals surface area contributed by atoms with E-state index in [4.69, 9.17) is 19.6 Å². The average molecular weight is 512 g/mol. The number of fused-ring (bicyclic) bond motifs is 1. The molecular weight excluding hydrogens is 482 g/mol. The zero-order valence-corrected chi connectivity index (χ0v) is 20.3. The summed E-state index contributed by atoms with van der Waals surface area (Å²) in [6.45, 7) is 1.25. The minimum absolute atomic E-state index is 0.113. The van der Waals surface area contributed by atoms with Crippen LogP contribution in [0.1, 0.15) is 37.1 Å². The standard InChI is InChI=1S/C24H29N7O6/c1-26-23(34)20-18(32)19(33)24(37-20)31-12-27-17-21(25)28-16(29-22(17)31)8-3-9-30(14-5-2-6-14)13-35-11-15-7-4-10-36-15/h4,7,10,12,14,18-20,24,32-33H,2,5-6,9,11,13H2,1H3,(H,26,34)(H2,25,28,29)/t18-,19+,20-,24+/m0/s1. The largest absolute Gasteiger partial charge is 0.467 e. The van der Waals surface area contributed by atoms with Crippen molar-refractivity contribution in [2.75, 3.05) is 26.1 Å². The van der Waals surface area contributed by atoms with Gasteiger partial charge in [-0.3, -0.25) is 14.3 Å². The first-order valence-corrected chi connectivity index (χ1v) is 12.0. The Kier molecular flexibility index (Phi) is 7.36. The Hall–Kier alpha value is -3.54. The first-order valence-electron chi connectivity index (χ1n) is 12.0. The van der Waals surface area contributed by atoms with Gasteiger partial charge in [0.2, 0.25) is 5.82 Å². The molecule has 1 aliphatic carbocycles. The van der Waals surface area contributed by atoms with E-state index in [0.29, 0.717) is 31.4 Å². The molecule has 4 heterocycles. The van der Waals surface area contributed by atoms with E-state index in [1.165, 1.54) is 24.4 Å². The highest BCUT2D eigenvalue weighted by Gasteiger charge is 2.47. The van der Waals surface area contributed by atoms with Crippen LogP contribution in [0.4, 0.5) is 5.82 Å². The summed E-state index contributed by atoms with van der Waals surface area (Å²) < 4.78 is 18.2. The van der Waals surface area contributed by atoms with E-state index >= 15 is 0 Å². The molecule has 2 fully saturated rings. The molecule has 0 bridgehead atoms. The average Bonchev–Trinajstić information content (AvgIpc) is 3.58. The second-order valence-electron chi connectivity index (χ2n) is 8.99. The van der Waals surface area contributed by atoms with Crippen molar-refractivity contribution in [2.24, 2.45) is 0 Å². The van der Waals surface area contributed by atoms with Gasteiger partial charge in [-0.25, -0.2) is 15.0 Å². The smallest absolute Gasteiger partial charge is 0.251 e. The molecule has 37 heavy (non-hydrogen) atoms. The van der Waals surface area contributed by atoms with Crippen molar-refractivity contribution in [2.45, 2.75) is 56.5 Å². The van der Waals surface area contributed by atoms with Crippen LogP contribution in [0.25, 0.3) is 11.2 Å². The summed E-state index contributed by atoms with van der Waals surface area (Å²) in [4.78, 5) is 27.1. The van der Waals surface area contributed by atoms with Gasteiger partial charge >= 0.3 is 0 Å². The zero-order chi connectivity index (χ0) is 25.9. The molecule has 1 amide bonds. The molecule has 3 aromatic heterocycles. The van der Waals surface area contributed by atoms with Crippen molar-refractivity contribution in [3.8, 4) is 11.8 Å². The predicted molar refractivity (Wildman–Crippen MR) is 129 cm³/mol. The number of ether oxygens (including phenoxy) is 2. The molecule has 0 spiro atoms. The molecule has 13 heteroatoms. The number of nitrogen functional groups attached to an aromatic ring is 1. The topological polar surface area (TPSA) is 174 Å². The summed E-state index contributed by atoms with van der Waals surface area (Å²) in [6.07, 6.45) is 1.19. The molecule has 5 N–H and O–H groups in total. The number of carbonyl (C=O) groups is 1. The van der Waals surface area contributed by atoms with Crippen LogP contribution in [-0.4, -0.2) is 85.2 Å². The normalized spacial score (nSPS) is 23.7. The van der Waals surface area contributed by atoms with Gasteiger partial charge in [0, 0.05) is 13.1 Å². The Labute approximate surface area is 212 Å². The molecule has 0 radical (unpaired) electrons. The maximum absolute atomic E-state index is 12.0. The van der Waals surface area contributed by atoms with Crippen LogP contribution in [-0.2, 0) is 20.9 Å². The Morgan fingerprint density at radius 3 is 2.89 bits per heavy atom. The van der Waals surface area contributed by atoms with E-state index in [9.17, 15) is 15.0 Å². The van der Waals surface area contributed by atoms with Gasteiger partial charge in [0.25, 0.3) is 5.91 Å². The molecule has 196 valence electrons. The third kappa shape index (κ3) is 5.15. The highest BCUT2D eigenvalue weighted by atomic mass is 16.6. The number of aliphatic hydroxyl groups is 2. The number of carbonyl (C=O) groups excluding carboxylic acids is 1. The SMILES string of the molecule is CNC(=O)[C@H]1O[C@@H](n2cnc3c(N)nc(C#CCN(COCc4ccco4)C4CCC4)nc32)[C@H](O)[C@@H]1O. The molecule has 2 aliphatic rings. The maximum atomic E-state index is 12.0. The Bertz CT molecular complexity index is 1300. The summed E-state index contributed by atoms with van der Waals surface area (Å²) >= 11 is 0. The summed E-state index contributed by atoms with van der Waals surface area (Å²) in [5.41, 5.74) is 6.66. The van der Waals surface area contributed by atoms with Crippen LogP contribution in [0, 0.1) is 11.8 Å². The minimum Gasteiger partial charge on any atom is -0.467 e. The number of hydrogen-bond acceptors (Lipinski definition) is 11. The quantitative estimate of drug-likeness (QED) is 0.232. The van der Waals surface area contributed by atoms with Crippen LogP contribution in [0.2, 0.25) is 0 Å². The monoisotopic (exact) mass is 511 g/mol. The highest BCUT2D eigenvalue weighted by Crippen LogP contribution is 2.32. The van der Waals surface area contributed by atoms with Crippen molar-refractivity contribution < 1.29 is 28.9 Å². The van der Waals surface area contributed by atoms with E-state index in [-0.39, 0.29) is 17.3 Å². The Morgan fingerprint density at radius 1 is 1.35 bits per heavy atom. The van der Waals surface area contributed by atoms with Crippen molar-refractivity contribution >= 4 is 22.9 Å². The lowest BCUT2D eigenvalue weighted by molar-refractivity contribution is -0.137. The van der Waals surface area contributed by atoms with Gasteiger partial charge < -0.3 is 35.2 Å². The number of amides is 1. The molecule has 1 aliphatic heterocycles. The fraction of sp³-hybridized carbons (Fsp3) is 0.500. The van der Waals surface area contributed by atoms with Crippen molar-refractivity contribution in [3.63, 3.8) is 0 Å². The summed E-state index contributed by atoms with van der Waals surface area (Å²) in [7, 11) is 1.42. The van der Waals surface area contributed by atoms with Gasteiger partial charge in [-0.15, -0.1) is 0 Å². The fourth-order valence-electron chi connectivity index (χ4n) is 4.34. The number of nitrogens with two attached hydrogens (primary N) is 1.